The van der Waals surface area contributed by atoms with E-state index in [1.165, 1.54) is 0 Å². The summed E-state index contributed by atoms with van der Waals surface area (Å²) < 4.78 is 0. The first-order valence-corrected chi connectivity index (χ1v) is 10.5. The van der Waals surface area contributed by atoms with Crippen molar-refractivity contribution in [2.75, 3.05) is 32.7 Å². The van der Waals surface area contributed by atoms with E-state index in [-0.39, 0.29) is 11.8 Å². The quantitative estimate of drug-likeness (QED) is 0.842. The molecule has 0 bridgehead atoms. The Hall–Kier alpha value is -1.59. The zero-order valence-electron chi connectivity index (χ0n) is 15.8. The summed E-state index contributed by atoms with van der Waals surface area (Å²) >= 11 is 6.21. The van der Waals surface area contributed by atoms with E-state index < -0.39 is 5.41 Å². The molecule has 27 heavy (non-hydrogen) atoms. The Morgan fingerprint density at radius 3 is 2.44 bits per heavy atom. The summed E-state index contributed by atoms with van der Waals surface area (Å²) in [6.07, 6.45) is 6.19. The van der Waals surface area contributed by atoms with Crippen LogP contribution in [0.15, 0.2) is 24.3 Å². The Bertz CT molecular complexity index is 705. The van der Waals surface area contributed by atoms with E-state index >= 15 is 0 Å². The summed E-state index contributed by atoms with van der Waals surface area (Å²) in [6.45, 7) is 3.35. The van der Waals surface area contributed by atoms with Gasteiger partial charge in [0.25, 0.3) is 0 Å². The van der Waals surface area contributed by atoms with Crippen molar-refractivity contribution in [3.05, 3.63) is 34.9 Å². The number of hydrogen-bond donors (Lipinski definition) is 1. The fourth-order valence-corrected chi connectivity index (χ4v) is 4.70. The van der Waals surface area contributed by atoms with Gasteiger partial charge in [0.1, 0.15) is 0 Å². The fourth-order valence-electron chi connectivity index (χ4n) is 4.51. The number of nitrogens with zero attached hydrogens (tertiary/aromatic N) is 2. The second-order valence-electron chi connectivity index (χ2n) is 8.21. The van der Waals surface area contributed by atoms with Crippen LogP contribution in [-0.4, -0.2) is 60.4 Å². The van der Waals surface area contributed by atoms with Crippen LogP contribution in [-0.2, 0) is 15.0 Å². The summed E-state index contributed by atoms with van der Waals surface area (Å²) in [5, 5.41) is 3.73. The number of amides is 2. The van der Waals surface area contributed by atoms with Gasteiger partial charge in [-0.15, -0.1) is 0 Å². The zero-order valence-corrected chi connectivity index (χ0v) is 16.5. The lowest BCUT2D eigenvalue weighted by Crippen LogP contribution is -2.55. The number of carbonyl (C=O) groups excluding carboxylic acids is 2. The van der Waals surface area contributed by atoms with Gasteiger partial charge >= 0.3 is 0 Å². The molecule has 2 saturated carbocycles. The first-order valence-electron chi connectivity index (χ1n) is 10.1. The van der Waals surface area contributed by atoms with Gasteiger partial charge in [0, 0.05) is 37.2 Å². The van der Waals surface area contributed by atoms with E-state index in [4.69, 9.17) is 11.6 Å². The molecule has 1 aliphatic heterocycles. The van der Waals surface area contributed by atoms with E-state index in [2.05, 4.69) is 10.2 Å². The minimum absolute atomic E-state index is 0.114. The molecule has 0 unspecified atom stereocenters. The molecule has 0 radical (unpaired) electrons. The molecule has 146 valence electrons. The van der Waals surface area contributed by atoms with Crippen LogP contribution < -0.4 is 5.32 Å². The minimum Gasteiger partial charge on any atom is -0.352 e. The Morgan fingerprint density at radius 1 is 1.11 bits per heavy atom. The number of rotatable bonds is 5. The van der Waals surface area contributed by atoms with Crippen molar-refractivity contribution in [2.24, 2.45) is 0 Å². The summed E-state index contributed by atoms with van der Waals surface area (Å²) in [6, 6.07) is 8.22. The van der Waals surface area contributed by atoms with Gasteiger partial charge < -0.3 is 10.2 Å². The number of carbonyl (C=O) groups is 2. The summed E-state index contributed by atoms with van der Waals surface area (Å²) in [5.41, 5.74) is 0.639. The highest BCUT2D eigenvalue weighted by Gasteiger charge is 2.45. The monoisotopic (exact) mass is 389 g/mol. The number of halogens is 1. The van der Waals surface area contributed by atoms with Crippen LogP contribution in [0.5, 0.6) is 0 Å². The molecule has 0 spiro atoms. The number of benzene rings is 1. The number of piperazine rings is 1. The lowest BCUT2D eigenvalue weighted by atomic mass is 9.77. The van der Waals surface area contributed by atoms with E-state index in [1.807, 2.05) is 29.2 Å². The smallest absolute Gasteiger partial charge is 0.234 e. The highest BCUT2D eigenvalue weighted by Crippen LogP contribution is 2.43. The number of hydrogen-bond acceptors (Lipinski definition) is 3. The Kier molecular flexibility index (Phi) is 5.42. The molecule has 1 N–H and O–H groups in total. The molecule has 3 aliphatic rings. The Labute approximate surface area is 166 Å². The summed E-state index contributed by atoms with van der Waals surface area (Å²) in [7, 11) is 0. The normalized spacial score (nSPS) is 22.6. The molecule has 0 aromatic heterocycles. The van der Waals surface area contributed by atoms with E-state index in [9.17, 15) is 9.59 Å². The maximum absolute atomic E-state index is 13.5. The van der Waals surface area contributed by atoms with Crippen molar-refractivity contribution >= 4 is 23.4 Å². The van der Waals surface area contributed by atoms with Crippen LogP contribution in [0.3, 0.4) is 0 Å². The first kappa shape index (κ1) is 18.8. The highest BCUT2D eigenvalue weighted by molar-refractivity contribution is 6.30. The van der Waals surface area contributed by atoms with Gasteiger partial charge in [0.2, 0.25) is 11.8 Å². The van der Waals surface area contributed by atoms with E-state index in [1.54, 1.807) is 0 Å². The largest absolute Gasteiger partial charge is 0.352 e. The standard InChI is InChI=1S/C21H28ClN3O2/c22-17-5-3-4-16(14-17)21(8-1-2-9-21)20(27)25-12-10-24(11-13-25)15-19(26)23-18-6-7-18/h3-5,14,18H,1-2,6-13,15H2,(H,23,26). The minimum atomic E-state index is -0.420. The van der Waals surface area contributed by atoms with Crippen LogP contribution in [0, 0.1) is 0 Å². The molecule has 5 nitrogen and oxygen atoms in total. The molecular formula is C21H28ClN3O2. The summed E-state index contributed by atoms with van der Waals surface area (Å²) in [4.78, 5) is 29.7. The molecule has 1 heterocycles. The van der Waals surface area contributed by atoms with Crippen LogP contribution in [0.2, 0.25) is 5.02 Å². The number of nitrogens with one attached hydrogen (secondary N) is 1. The van der Waals surface area contributed by atoms with Crippen molar-refractivity contribution in [1.29, 1.82) is 0 Å². The van der Waals surface area contributed by atoms with E-state index in [0.717, 1.165) is 57.2 Å². The van der Waals surface area contributed by atoms with Gasteiger partial charge in [-0.25, -0.2) is 0 Å². The molecule has 6 heteroatoms. The van der Waals surface area contributed by atoms with Crippen LogP contribution >= 0.6 is 11.6 Å². The summed E-state index contributed by atoms with van der Waals surface area (Å²) in [5.74, 6) is 0.354. The van der Waals surface area contributed by atoms with Gasteiger partial charge in [-0.05, 0) is 43.4 Å². The maximum atomic E-state index is 13.5. The van der Waals surface area contributed by atoms with Crippen molar-refractivity contribution in [2.45, 2.75) is 50.0 Å². The Morgan fingerprint density at radius 2 is 1.81 bits per heavy atom. The van der Waals surface area contributed by atoms with Crippen molar-refractivity contribution < 1.29 is 9.59 Å². The van der Waals surface area contributed by atoms with Gasteiger partial charge in [-0.3, -0.25) is 14.5 Å². The van der Waals surface area contributed by atoms with Crippen molar-refractivity contribution in [1.82, 2.24) is 15.1 Å². The lowest BCUT2D eigenvalue weighted by Gasteiger charge is -2.40. The molecule has 0 atom stereocenters. The van der Waals surface area contributed by atoms with Crippen LogP contribution in [0.25, 0.3) is 0 Å². The van der Waals surface area contributed by atoms with Crippen LogP contribution in [0.4, 0.5) is 0 Å². The fraction of sp³-hybridized carbons (Fsp3) is 0.619. The van der Waals surface area contributed by atoms with Crippen molar-refractivity contribution in [3.8, 4) is 0 Å². The molecule has 2 amide bonds. The molecule has 1 aromatic rings. The molecule has 4 rings (SSSR count). The lowest BCUT2D eigenvalue weighted by molar-refractivity contribution is -0.139. The van der Waals surface area contributed by atoms with Gasteiger partial charge in [-0.2, -0.15) is 0 Å². The van der Waals surface area contributed by atoms with Crippen LogP contribution in [0.1, 0.15) is 44.1 Å². The first-order chi connectivity index (χ1) is 13.1. The van der Waals surface area contributed by atoms with Gasteiger partial charge in [0.05, 0.1) is 12.0 Å². The van der Waals surface area contributed by atoms with Gasteiger partial charge in [0.15, 0.2) is 0 Å². The average molecular weight is 390 g/mol. The third kappa shape index (κ3) is 4.14. The second kappa shape index (κ2) is 7.80. The second-order valence-corrected chi connectivity index (χ2v) is 8.65. The zero-order chi connectivity index (χ0) is 18.9. The SMILES string of the molecule is O=C(CN1CCN(C(=O)C2(c3cccc(Cl)c3)CCCC2)CC1)NC1CC1. The molecule has 3 fully saturated rings. The molecule has 1 saturated heterocycles. The highest BCUT2D eigenvalue weighted by atomic mass is 35.5. The third-order valence-corrected chi connectivity index (χ3v) is 6.45. The predicted molar refractivity (Wildman–Crippen MR) is 106 cm³/mol. The predicted octanol–water partition coefficient (Wildman–Crippen LogP) is 2.57. The maximum Gasteiger partial charge on any atom is 0.234 e. The molecule has 1 aromatic carbocycles. The van der Waals surface area contributed by atoms with E-state index in [0.29, 0.717) is 30.7 Å². The molecule has 2 aliphatic carbocycles. The average Bonchev–Trinajstić information content (AvgIpc) is 3.33. The third-order valence-electron chi connectivity index (χ3n) is 6.21. The van der Waals surface area contributed by atoms with Gasteiger partial charge in [-0.1, -0.05) is 36.6 Å². The molecular weight excluding hydrogens is 362 g/mol. The van der Waals surface area contributed by atoms with Crippen molar-refractivity contribution in [3.63, 3.8) is 0 Å². The topological polar surface area (TPSA) is 52.7 Å². The Balaban J connectivity index is 1.39.